The summed E-state index contributed by atoms with van der Waals surface area (Å²) in [5, 5.41) is 15.1. The predicted octanol–water partition coefficient (Wildman–Crippen LogP) is 3.00. The number of halogens is 1. The SMILES string of the molecule is CC(=O)Nc1nc(-c2ccc(CCCCNC(=N)N)cc2)cs1.Cl. The molecule has 0 fully saturated rings. The summed E-state index contributed by atoms with van der Waals surface area (Å²) in [5.74, 6) is -0.0863. The second-order valence-electron chi connectivity index (χ2n) is 5.21. The van der Waals surface area contributed by atoms with Crippen molar-refractivity contribution in [1.82, 2.24) is 10.3 Å². The van der Waals surface area contributed by atoms with E-state index in [1.54, 1.807) is 0 Å². The molecule has 0 radical (unpaired) electrons. The smallest absolute Gasteiger partial charge is 0.223 e. The van der Waals surface area contributed by atoms with Crippen molar-refractivity contribution in [2.75, 3.05) is 11.9 Å². The Labute approximate surface area is 151 Å². The van der Waals surface area contributed by atoms with Gasteiger partial charge in [-0.1, -0.05) is 24.3 Å². The topological polar surface area (TPSA) is 104 Å². The number of thiazole rings is 1. The lowest BCUT2D eigenvalue weighted by Crippen LogP contribution is -2.30. The Hall–Kier alpha value is -2.12. The fourth-order valence-electron chi connectivity index (χ4n) is 2.13. The normalized spacial score (nSPS) is 9.88. The van der Waals surface area contributed by atoms with Gasteiger partial charge >= 0.3 is 0 Å². The van der Waals surface area contributed by atoms with Gasteiger partial charge in [-0.2, -0.15) is 0 Å². The molecule has 1 heterocycles. The summed E-state index contributed by atoms with van der Waals surface area (Å²) in [6.07, 6.45) is 3.02. The number of nitrogens with one attached hydrogen (secondary N) is 3. The predicted molar refractivity (Wildman–Crippen MR) is 102 cm³/mol. The molecular formula is C16H22ClN5OS. The Morgan fingerprint density at radius 2 is 2.00 bits per heavy atom. The molecule has 0 saturated carbocycles. The Balaban J connectivity index is 0.00000288. The van der Waals surface area contributed by atoms with Gasteiger partial charge in [-0.05, 0) is 24.8 Å². The van der Waals surface area contributed by atoms with Crippen LogP contribution in [0.15, 0.2) is 29.6 Å². The number of hydrogen-bond donors (Lipinski definition) is 4. The van der Waals surface area contributed by atoms with Gasteiger partial charge in [-0.3, -0.25) is 10.2 Å². The lowest BCUT2D eigenvalue weighted by atomic mass is 10.1. The molecule has 1 amide bonds. The third-order valence-electron chi connectivity index (χ3n) is 3.24. The third kappa shape index (κ3) is 6.55. The Bertz CT molecular complexity index is 671. The van der Waals surface area contributed by atoms with Crippen molar-refractivity contribution in [3.63, 3.8) is 0 Å². The number of aromatic nitrogens is 1. The number of rotatable bonds is 7. The first-order chi connectivity index (χ1) is 11.0. The number of guanidine groups is 1. The first kappa shape index (κ1) is 19.9. The quantitative estimate of drug-likeness (QED) is 0.343. The second-order valence-corrected chi connectivity index (χ2v) is 6.07. The van der Waals surface area contributed by atoms with Crippen LogP contribution in [0.5, 0.6) is 0 Å². The van der Waals surface area contributed by atoms with Gasteiger partial charge in [0.25, 0.3) is 0 Å². The van der Waals surface area contributed by atoms with Gasteiger partial charge < -0.3 is 16.4 Å². The summed E-state index contributed by atoms with van der Waals surface area (Å²) in [4.78, 5) is 15.4. The van der Waals surface area contributed by atoms with E-state index in [1.165, 1.54) is 23.8 Å². The van der Waals surface area contributed by atoms with Crippen LogP contribution in [0, 0.1) is 5.41 Å². The van der Waals surface area contributed by atoms with Crippen LogP contribution >= 0.6 is 23.7 Å². The second kappa shape index (κ2) is 9.89. The van der Waals surface area contributed by atoms with Crippen LogP contribution in [-0.4, -0.2) is 23.4 Å². The van der Waals surface area contributed by atoms with Gasteiger partial charge in [0.05, 0.1) is 5.69 Å². The molecule has 0 bridgehead atoms. The van der Waals surface area contributed by atoms with Crippen LogP contribution in [0.4, 0.5) is 5.13 Å². The molecular weight excluding hydrogens is 346 g/mol. The largest absolute Gasteiger partial charge is 0.370 e. The van der Waals surface area contributed by atoms with Crippen LogP contribution in [0.2, 0.25) is 0 Å². The van der Waals surface area contributed by atoms with E-state index in [4.69, 9.17) is 11.1 Å². The third-order valence-corrected chi connectivity index (χ3v) is 4.00. The van der Waals surface area contributed by atoms with Crippen molar-refractivity contribution in [2.24, 2.45) is 5.73 Å². The van der Waals surface area contributed by atoms with Crippen LogP contribution in [0.3, 0.4) is 0 Å². The van der Waals surface area contributed by atoms with Crippen molar-refractivity contribution in [3.8, 4) is 11.3 Å². The lowest BCUT2D eigenvalue weighted by molar-refractivity contribution is -0.114. The molecule has 0 aliphatic heterocycles. The number of aryl methyl sites for hydroxylation is 1. The van der Waals surface area contributed by atoms with Gasteiger partial charge in [0.15, 0.2) is 11.1 Å². The molecule has 5 N–H and O–H groups in total. The van der Waals surface area contributed by atoms with Gasteiger partial charge in [0.1, 0.15) is 0 Å². The Morgan fingerprint density at radius 1 is 1.29 bits per heavy atom. The maximum Gasteiger partial charge on any atom is 0.223 e. The van der Waals surface area contributed by atoms with Crippen molar-refractivity contribution >= 4 is 40.7 Å². The van der Waals surface area contributed by atoms with Crippen molar-refractivity contribution in [2.45, 2.75) is 26.2 Å². The maximum absolute atomic E-state index is 11.0. The van der Waals surface area contributed by atoms with E-state index >= 15 is 0 Å². The van der Waals surface area contributed by atoms with Crippen LogP contribution in [0.1, 0.15) is 25.3 Å². The van der Waals surface area contributed by atoms with Crippen molar-refractivity contribution < 1.29 is 4.79 Å². The molecule has 2 aromatic rings. The molecule has 6 nitrogen and oxygen atoms in total. The minimum atomic E-state index is -0.111. The fourth-order valence-corrected chi connectivity index (χ4v) is 2.90. The van der Waals surface area contributed by atoms with Gasteiger partial charge in [-0.15, -0.1) is 23.7 Å². The average molecular weight is 368 g/mol. The number of nitrogens with two attached hydrogens (primary N) is 1. The number of amides is 1. The monoisotopic (exact) mass is 367 g/mol. The lowest BCUT2D eigenvalue weighted by Gasteiger charge is -2.05. The molecule has 1 aromatic carbocycles. The van der Waals surface area contributed by atoms with Crippen molar-refractivity contribution in [3.05, 3.63) is 35.2 Å². The first-order valence-electron chi connectivity index (χ1n) is 7.45. The summed E-state index contributed by atoms with van der Waals surface area (Å²) in [6.45, 7) is 2.21. The molecule has 0 aliphatic rings. The van der Waals surface area contributed by atoms with E-state index in [0.717, 1.165) is 37.1 Å². The summed E-state index contributed by atoms with van der Waals surface area (Å²) in [7, 11) is 0. The van der Waals surface area contributed by atoms with E-state index < -0.39 is 0 Å². The molecule has 0 unspecified atom stereocenters. The summed E-state index contributed by atoms with van der Waals surface area (Å²) in [6, 6.07) is 8.31. The van der Waals surface area contributed by atoms with Gasteiger partial charge in [-0.25, -0.2) is 4.98 Å². The molecule has 2 rings (SSSR count). The number of nitrogens with zero attached hydrogens (tertiary/aromatic N) is 1. The highest BCUT2D eigenvalue weighted by atomic mass is 35.5. The van der Waals surface area contributed by atoms with Crippen LogP contribution in [0.25, 0.3) is 11.3 Å². The van der Waals surface area contributed by atoms with E-state index in [1.807, 2.05) is 5.38 Å². The Morgan fingerprint density at radius 3 is 2.62 bits per heavy atom. The number of benzene rings is 1. The van der Waals surface area contributed by atoms with E-state index in [0.29, 0.717) is 5.13 Å². The molecule has 1 aromatic heterocycles. The number of carbonyl (C=O) groups is 1. The Kier molecular flexibility index (Phi) is 8.21. The molecule has 24 heavy (non-hydrogen) atoms. The highest BCUT2D eigenvalue weighted by Crippen LogP contribution is 2.25. The maximum atomic E-state index is 11.0. The van der Waals surface area contributed by atoms with E-state index in [2.05, 4.69) is 39.9 Å². The zero-order valence-electron chi connectivity index (χ0n) is 13.5. The fraction of sp³-hybridized carbons (Fsp3) is 0.312. The van der Waals surface area contributed by atoms with E-state index in [-0.39, 0.29) is 24.3 Å². The molecule has 0 saturated heterocycles. The van der Waals surface area contributed by atoms with Crippen molar-refractivity contribution in [1.29, 1.82) is 5.41 Å². The number of carbonyl (C=O) groups excluding carboxylic acids is 1. The zero-order valence-corrected chi connectivity index (χ0v) is 15.1. The first-order valence-corrected chi connectivity index (χ1v) is 8.33. The van der Waals surface area contributed by atoms with E-state index in [9.17, 15) is 4.79 Å². The molecule has 0 spiro atoms. The molecule has 0 aliphatic carbocycles. The number of hydrogen-bond acceptors (Lipinski definition) is 4. The standard InChI is InChI=1S/C16H21N5OS.ClH/c1-11(22)20-16-21-14(10-23-16)13-7-5-12(6-8-13)4-2-3-9-19-15(17)18;/h5-8,10H,2-4,9H2,1H3,(H4,17,18,19)(H,20,21,22);1H. The molecule has 0 atom stereocenters. The highest BCUT2D eigenvalue weighted by Gasteiger charge is 2.05. The highest BCUT2D eigenvalue weighted by molar-refractivity contribution is 7.14. The number of anilines is 1. The minimum Gasteiger partial charge on any atom is -0.370 e. The number of unbranched alkanes of at least 4 members (excludes halogenated alkanes) is 1. The van der Waals surface area contributed by atoms with Gasteiger partial charge in [0, 0.05) is 24.4 Å². The summed E-state index contributed by atoms with van der Waals surface area (Å²) in [5.41, 5.74) is 8.41. The molecule has 130 valence electrons. The molecule has 8 heteroatoms. The summed E-state index contributed by atoms with van der Waals surface area (Å²) < 4.78 is 0. The van der Waals surface area contributed by atoms with Crippen LogP contribution < -0.4 is 16.4 Å². The van der Waals surface area contributed by atoms with Gasteiger partial charge in [0.2, 0.25) is 5.91 Å². The van der Waals surface area contributed by atoms with Crippen LogP contribution in [-0.2, 0) is 11.2 Å². The summed E-state index contributed by atoms with van der Waals surface area (Å²) >= 11 is 1.42. The zero-order chi connectivity index (χ0) is 16.7. The average Bonchev–Trinajstić information content (AvgIpc) is 2.95. The minimum absolute atomic E-state index is 0.